The van der Waals surface area contributed by atoms with Crippen molar-refractivity contribution in [1.82, 2.24) is 10.2 Å². The second-order valence-corrected chi connectivity index (χ2v) is 7.38. The lowest BCUT2D eigenvalue weighted by Crippen LogP contribution is -2.44. The van der Waals surface area contributed by atoms with Crippen LogP contribution in [0.3, 0.4) is 0 Å². The number of nitrogens with one attached hydrogen (secondary N) is 1. The molecule has 3 aliphatic rings. The van der Waals surface area contributed by atoms with Gasteiger partial charge in [-0.25, -0.2) is 0 Å². The Balaban J connectivity index is 1.47. The van der Waals surface area contributed by atoms with E-state index in [0.717, 1.165) is 50.3 Å². The summed E-state index contributed by atoms with van der Waals surface area (Å²) in [5.41, 5.74) is 2.37. The highest BCUT2D eigenvalue weighted by Crippen LogP contribution is 2.39. The smallest absolute Gasteiger partial charge is 0.234 e. The summed E-state index contributed by atoms with van der Waals surface area (Å²) in [6.45, 7) is 3.28. The quantitative estimate of drug-likeness (QED) is 0.862. The minimum Gasteiger partial charge on any atom is -0.493 e. The molecule has 5 heteroatoms. The molecule has 2 N–H and O–H groups in total. The van der Waals surface area contributed by atoms with E-state index in [1.165, 1.54) is 18.4 Å². The standard InChI is InChI=1S/C19H26N2O3/c22-16-10-15(11-16)19(20-18(23)12-21-6-1-2-7-21)14-3-4-17-13(9-14)5-8-24-17/h3-4,9,15-16,19,22H,1-2,5-8,10-12H2,(H,20,23)/t15?,16?,19-/m1/s1. The third kappa shape index (κ3) is 3.28. The number of benzene rings is 1. The van der Waals surface area contributed by atoms with Crippen LogP contribution in [0, 0.1) is 5.92 Å². The minimum atomic E-state index is -0.217. The monoisotopic (exact) mass is 330 g/mol. The number of amides is 1. The summed E-state index contributed by atoms with van der Waals surface area (Å²) in [5.74, 6) is 1.39. The van der Waals surface area contributed by atoms with Gasteiger partial charge in [0, 0.05) is 6.42 Å². The summed E-state index contributed by atoms with van der Waals surface area (Å²) in [6.07, 6.45) is 4.63. The molecule has 1 aliphatic carbocycles. The van der Waals surface area contributed by atoms with Crippen molar-refractivity contribution in [2.45, 2.75) is 44.2 Å². The molecule has 0 radical (unpaired) electrons. The molecule has 2 heterocycles. The van der Waals surface area contributed by atoms with Crippen LogP contribution in [0.25, 0.3) is 0 Å². The molecule has 0 bridgehead atoms. The maximum absolute atomic E-state index is 12.5. The Bertz CT molecular complexity index is 607. The predicted octanol–water partition coefficient (Wildman–Crippen LogP) is 1.65. The van der Waals surface area contributed by atoms with Gasteiger partial charge in [0.2, 0.25) is 5.91 Å². The molecule has 1 atom stereocenters. The van der Waals surface area contributed by atoms with E-state index in [1.807, 2.05) is 6.07 Å². The Hall–Kier alpha value is -1.59. The van der Waals surface area contributed by atoms with Gasteiger partial charge in [-0.05, 0) is 68.0 Å². The second-order valence-electron chi connectivity index (χ2n) is 7.38. The molecular weight excluding hydrogens is 304 g/mol. The second kappa shape index (κ2) is 6.73. The van der Waals surface area contributed by atoms with Gasteiger partial charge < -0.3 is 15.2 Å². The van der Waals surface area contributed by atoms with E-state index in [4.69, 9.17) is 4.74 Å². The number of likely N-dealkylation sites (tertiary alicyclic amines) is 1. The molecule has 1 saturated carbocycles. The maximum Gasteiger partial charge on any atom is 0.234 e. The van der Waals surface area contributed by atoms with E-state index >= 15 is 0 Å². The van der Waals surface area contributed by atoms with Gasteiger partial charge in [0.05, 0.1) is 25.3 Å². The number of rotatable bonds is 5. The van der Waals surface area contributed by atoms with Crippen molar-refractivity contribution in [2.24, 2.45) is 5.92 Å². The van der Waals surface area contributed by atoms with Crippen molar-refractivity contribution in [3.05, 3.63) is 29.3 Å². The first-order chi connectivity index (χ1) is 11.7. The first-order valence-corrected chi connectivity index (χ1v) is 9.14. The molecule has 1 saturated heterocycles. The Morgan fingerprint density at radius 1 is 1.33 bits per heavy atom. The Morgan fingerprint density at radius 3 is 2.88 bits per heavy atom. The lowest BCUT2D eigenvalue weighted by molar-refractivity contribution is -0.124. The molecule has 1 aromatic carbocycles. The highest BCUT2D eigenvalue weighted by atomic mass is 16.5. The van der Waals surface area contributed by atoms with Gasteiger partial charge in [-0.15, -0.1) is 0 Å². The average molecular weight is 330 g/mol. The van der Waals surface area contributed by atoms with Crippen LogP contribution in [0.2, 0.25) is 0 Å². The largest absolute Gasteiger partial charge is 0.493 e. The Labute approximate surface area is 143 Å². The fourth-order valence-electron chi connectivity index (χ4n) is 4.14. The Morgan fingerprint density at radius 2 is 2.12 bits per heavy atom. The molecule has 4 rings (SSSR count). The van der Waals surface area contributed by atoms with Crippen LogP contribution in [0.15, 0.2) is 18.2 Å². The predicted molar refractivity (Wildman–Crippen MR) is 90.9 cm³/mol. The van der Waals surface area contributed by atoms with Crippen molar-refractivity contribution in [3.8, 4) is 5.75 Å². The molecule has 0 aromatic heterocycles. The van der Waals surface area contributed by atoms with Crippen LogP contribution in [-0.2, 0) is 11.2 Å². The van der Waals surface area contributed by atoms with Crippen LogP contribution < -0.4 is 10.1 Å². The van der Waals surface area contributed by atoms with Crippen LogP contribution in [0.1, 0.15) is 42.9 Å². The molecule has 0 spiro atoms. The van der Waals surface area contributed by atoms with Gasteiger partial charge >= 0.3 is 0 Å². The summed E-state index contributed by atoms with van der Waals surface area (Å²) >= 11 is 0. The van der Waals surface area contributed by atoms with Crippen LogP contribution in [0.4, 0.5) is 0 Å². The molecule has 2 aliphatic heterocycles. The number of aliphatic hydroxyl groups is 1. The van der Waals surface area contributed by atoms with Gasteiger partial charge in [0.25, 0.3) is 0 Å². The SMILES string of the molecule is O=C(CN1CCCC1)N[C@H](c1ccc2c(c1)CCO2)C1CC(O)C1. The lowest BCUT2D eigenvalue weighted by Gasteiger charge is -2.38. The molecule has 1 amide bonds. The third-order valence-corrected chi connectivity index (χ3v) is 5.58. The van der Waals surface area contributed by atoms with Crippen molar-refractivity contribution in [2.75, 3.05) is 26.2 Å². The zero-order valence-electron chi connectivity index (χ0n) is 14.0. The third-order valence-electron chi connectivity index (χ3n) is 5.58. The van der Waals surface area contributed by atoms with E-state index < -0.39 is 0 Å². The van der Waals surface area contributed by atoms with Crippen LogP contribution in [-0.4, -0.2) is 48.3 Å². The van der Waals surface area contributed by atoms with Gasteiger partial charge in [-0.2, -0.15) is 0 Å². The first kappa shape index (κ1) is 15.9. The number of ether oxygens (including phenoxy) is 1. The van der Waals surface area contributed by atoms with Crippen molar-refractivity contribution in [3.63, 3.8) is 0 Å². The summed E-state index contributed by atoms with van der Waals surface area (Å²) < 4.78 is 5.59. The van der Waals surface area contributed by atoms with Crippen molar-refractivity contribution >= 4 is 5.91 Å². The molecule has 1 aromatic rings. The fourth-order valence-corrected chi connectivity index (χ4v) is 4.14. The summed E-state index contributed by atoms with van der Waals surface area (Å²) in [6, 6.07) is 6.25. The summed E-state index contributed by atoms with van der Waals surface area (Å²) in [7, 11) is 0. The normalized spacial score (nSPS) is 27.2. The minimum absolute atomic E-state index is 0.00518. The highest BCUT2D eigenvalue weighted by molar-refractivity contribution is 5.78. The number of carbonyl (C=O) groups is 1. The zero-order chi connectivity index (χ0) is 16.5. The lowest BCUT2D eigenvalue weighted by atomic mass is 9.75. The number of fused-ring (bicyclic) bond motifs is 1. The van der Waals surface area contributed by atoms with E-state index in [1.54, 1.807) is 0 Å². The number of carbonyl (C=O) groups excluding carboxylic acids is 1. The maximum atomic E-state index is 12.5. The molecular formula is C19H26N2O3. The molecule has 0 unspecified atom stereocenters. The van der Waals surface area contributed by atoms with E-state index in [0.29, 0.717) is 12.5 Å². The Kier molecular flexibility index (Phi) is 4.46. The summed E-state index contributed by atoms with van der Waals surface area (Å²) in [4.78, 5) is 14.7. The fraction of sp³-hybridized carbons (Fsp3) is 0.632. The van der Waals surface area contributed by atoms with Gasteiger partial charge in [-0.3, -0.25) is 9.69 Å². The topological polar surface area (TPSA) is 61.8 Å². The number of nitrogens with zero attached hydrogens (tertiary/aromatic N) is 1. The van der Waals surface area contributed by atoms with Crippen LogP contribution >= 0.6 is 0 Å². The number of hydrogen-bond acceptors (Lipinski definition) is 4. The van der Waals surface area contributed by atoms with Gasteiger partial charge in [0.1, 0.15) is 5.75 Å². The highest BCUT2D eigenvalue weighted by Gasteiger charge is 2.36. The number of hydrogen-bond donors (Lipinski definition) is 2. The van der Waals surface area contributed by atoms with Crippen molar-refractivity contribution < 1.29 is 14.6 Å². The van der Waals surface area contributed by atoms with E-state index in [-0.39, 0.29) is 18.1 Å². The molecule has 2 fully saturated rings. The number of aliphatic hydroxyl groups excluding tert-OH is 1. The summed E-state index contributed by atoms with van der Waals surface area (Å²) in [5, 5.41) is 12.9. The van der Waals surface area contributed by atoms with E-state index in [9.17, 15) is 9.90 Å². The average Bonchev–Trinajstić information content (AvgIpc) is 3.20. The van der Waals surface area contributed by atoms with Crippen LogP contribution in [0.5, 0.6) is 5.75 Å². The van der Waals surface area contributed by atoms with Gasteiger partial charge in [0.15, 0.2) is 0 Å². The molecule has 5 nitrogen and oxygen atoms in total. The van der Waals surface area contributed by atoms with Gasteiger partial charge in [-0.1, -0.05) is 6.07 Å². The zero-order valence-corrected chi connectivity index (χ0v) is 14.0. The molecule has 24 heavy (non-hydrogen) atoms. The van der Waals surface area contributed by atoms with Crippen molar-refractivity contribution in [1.29, 1.82) is 0 Å². The van der Waals surface area contributed by atoms with E-state index in [2.05, 4.69) is 22.3 Å². The first-order valence-electron chi connectivity index (χ1n) is 9.14. The molecule has 130 valence electrons.